The first-order valence-corrected chi connectivity index (χ1v) is 12.4. The monoisotopic (exact) mass is 538 g/mol. The Morgan fingerprint density at radius 3 is 2.29 bits per heavy atom. The molecule has 2 fully saturated rings. The molecular weight excluding hydrogens is 515 g/mol. The van der Waals surface area contributed by atoms with Crippen LogP contribution in [0.2, 0.25) is 5.02 Å². The minimum atomic E-state index is -1.02. The fourth-order valence-electron chi connectivity index (χ4n) is 4.79. The van der Waals surface area contributed by atoms with Gasteiger partial charge in [0.05, 0.1) is 35.2 Å². The van der Waals surface area contributed by atoms with Crippen LogP contribution in [0.25, 0.3) is 5.69 Å². The average Bonchev–Trinajstić information content (AvgIpc) is 3.51. The van der Waals surface area contributed by atoms with Crippen molar-refractivity contribution < 1.29 is 23.9 Å². The summed E-state index contributed by atoms with van der Waals surface area (Å²) in [6, 6.07) is 14.8. The first kappa shape index (κ1) is 25.6. The summed E-state index contributed by atoms with van der Waals surface area (Å²) in [4.78, 5) is 52.9. The third kappa shape index (κ3) is 5.18. The molecule has 3 amide bonds. The lowest BCUT2D eigenvalue weighted by Crippen LogP contribution is -2.33. The number of nitrogens with zero attached hydrogens (tertiary/aromatic N) is 2. The molecule has 1 aromatic heterocycles. The third-order valence-electron chi connectivity index (χ3n) is 6.81. The maximum absolute atomic E-state index is 14.9. The maximum Gasteiger partial charge on any atom is 0.255 e. The lowest BCUT2D eigenvalue weighted by atomic mass is 10.2. The normalized spacial score (nSPS) is 22.1. The number of aliphatic hydroxyl groups excluding tert-OH is 1. The highest BCUT2D eigenvalue weighted by Gasteiger charge is 2.63. The minimum absolute atomic E-state index is 0.129. The zero-order chi connectivity index (χ0) is 27.0. The van der Waals surface area contributed by atoms with Gasteiger partial charge >= 0.3 is 0 Å². The highest BCUT2D eigenvalue weighted by molar-refractivity contribution is 6.30. The number of halogens is 2. The second kappa shape index (κ2) is 10.4. The second-order valence-corrected chi connectivity index (χ2v) is 9.80. The molecule has 38 heavy (non-hydrogen) atoms. The number of hydrogen-bond donors (Lipinski definition) is 3. The SMILES string of the molecule is O=C(Nc1ccc(Cl)cc1)[C@@H]1[C@H](C(=O)Nc2ccc(-n3ccccc3=O)cc2F)[C@H]1C(=O)N1CC[C@@H](O)C1. The van der Waals surface area contributed by atoms with Crippen molar-refractivity contribution in [2.75, 3.05) is 23.7 Å². The Kier molecular flexibility index (Phi) is 7.00. The van der Waals surface area contributed by atoms with Crippen LogP contribution in [0.4, 0.5) is 15.8 Å². The Bertz CT molecular complexity index is 1460. The molecule has 2 aliphatic rings. The van der Waals surface area contributed by atoms with Crippen molar-refractivity contribution in [2.45, 2.75) is 12.5 Å². The number of nitrogens with one attached hydrogen (secondary N) is 2. The van der Waals surface area contributed by atoms with Gasteiger partial charge in [-0.1, -0.05) is 17.7 Å². The van der Waals surface area contributed by atoms with Crippen LogP contribution >= 0.6 is 11.6 Å². The van der Waals surface area contributed by atoms with Crippen molar-refractivity contribution in [1.82, 2.24) is 9.47 Å². The Labute approximate surface area is 221 Å². The standard InChI is InChI=1S/C27H24ClFN4O5/c28-15-4-6-16(7-5-15)30-25(36)22-23(24(22)27(38)32-12-10-18(34)14-32)26(37)31-20-9-8-17(13-19(20)29)33-11-2-1-3-21(33)35/h1-9,11,13,18,22-24,34H,10,12,14H2,(H,30,36)(H,31,37)/t18-,22-,23+,24+/m1/s1. The molecular formula is C27H24ClFN4O5. The van der Waals surface area contributed by atoms with E-state index in [0.29, 0.717) is 23.7 Å². The van der Waals surface area contributed by atoms with Gasteiger partial charge in [0.15, 0.2) is 0 Å². The van der Waals surface area contributed by atoms with Gasteiger partial charge in [-0.15, -0.1) is 0 Å². The summed E-state index contributed by atoms with van der Waals surface area (Å²) in [5.74, 6) is -5.33. The molecule has 2 aromatic carbocycles. The van der Waals surface area contributed by atoms with E-state index in [1.807, 2.05) is 0 Å². The van der Waals surface area contributed by atoms with Crippen LogP contribution in [0.3, 0.4) is 0 Å². The fourth-order valence-corrected chi connectivity index (χ4v) is 4.92. The van der Waals surface area contributed by atoms with E-state index >= 15 is 0 Å². The number of hydrogen-bond acceptors (Lipinski definition) is 5. The minimum Gasteiger partial charge on any atom is -0.391 e. The topological polar surface area (TPSA) is 121 Å². The number of carbonyl (C=O) groups excluding carboxylic acids is 3. The molecule has 3 aromatic rings. The molecule has 11 heteroatoms. The molecule has 9 nitrogen and oxygen atoms in total. The van der Waals surface area contributed by atoms with Crippen molar-refractivity contribution in [3.05, 3.63) is 88.1 Å². The molecule has 196 valence electrons. The van der Waals surface area contributed by atoms with Crippen LogP contribution in [0.5, 0.6) is 0 Å². The molecule has 0 unspecified atom stereocenters. The molecule has 0 bridgehead atoms. The Hall–Kier alpha value is -4.02. The molecule has 1 saturated heterocycles. The van der Waals surface area contributed by atoms with Gasteiger partial charge < -0.3 is 20.6 Å². The Morgan fingerprint density at radius 1 is 0.947 bits per heavy atom. The Morgan fingerprint density at radius 2 is 1.66 bits per heavy atom. The van der Waals surface area contributed by atoms with Gasteiger partial charge in [0.1, 0.15) is 5.82 Å². The summed E-state index contributed by atoms with van der Waals surface area (Å²) >= 11 is 5.90. The van der Waals surface area contributed by atoms with E-state index in [2.05, 4.69) is 10.6 Å². The predicted molar refractivity (Wildman–Crippen MR) is 138 cm³/mol. The molecule has 1 aliphatic carbocycles. The summed E-state index contributed by atoms with van der Waals surface area (Å²) in [6.07, 6.45) is 1.25. The predicted octanol–water partition coefficient (Wildman–Crippen LogP) is 2.66. The smallest absolute Gasteiger partial charge is 0.255 e. The second-order valence-electron chi connectivity index (χ2n) is 9.36. The van der Waals surface area contributed by atoms with Gasteiger partial charge in [0, 0.05) is 42.1 Å². The maximum atomic E-state index is 14.9. The number of aliphatic hydroxyl groups is 1. The van der Waals surface area contributed by atoms with Crippen LogP contribution in [0, 0.1) is 23.6 Å². The number of carbonyl (C=O) groups is 3. The van der Waals surface area contributed by atoms with Gasteiger partial charge in [-0.25, -0.2) is 4.39 Å². The van der Waals surface area contributed by atoms with Gasteiger partial charge in [-0.3, -0.25) is 23.7 Å². The zero-order valence-corrected chi connectivity index (χ0v) is 20.8. The zero-order valence-electron chi connectivity index (χ0n) is 20.0. The lowest BCUT2D eigenvalue weighted by molar-refractivity contribution is -0.134. The van der Waals surface area contributed by atoms with Crippen molar-refractivity contribution in [2.24, 2.45) is 17.8 Å². The van der Waals surface area contributed by atoms with Crippen molar-refractivity contribution >= 4 is 40.7 Å². The van der Waals surface area contributed by atoms with Crippen LogP contribution < -0.4 is 16.2 Å². The van der Waals surface area contributed by atoms with Crippen LogP contribution in [-0.2, 0) is 14.4 Å². The van der Waals surface area contributed by atoms with E-state index in [-0.39, 0.29) is 23.5 Å². The first-order valence-electron chi connectivity index (χ1n) is 12.0. The average molecular weight is 539 g/mol. The molecule has 1 saturated carbocycles. The van der Waals surface area contributed by atoms with Crippen LogP contribution in [0.15, 0.2) is 71.7 Å². The molecule has 1 aliphatic heterocycles. The highest BCUT2D eigenvalue weighted by Crippen LogP contribution is 2.49. The number of β-amino-alcohol motifs (C(OH)–C–C–N with tert-alkyl or cyclic N) is 1. The van der Waals surface area contributed by atoms with E-state index in [9.17, 15) is 28.7 Å². The lowest BCUT2D eigenvalue weighted by Gasteiger charge is -2.15. The van der Waals surface area contributed by atoms with E-state index in [0.717, 1.165) is 6.07 Å². The third-order valence-corrected chi connectivity index (χ3v) is 7.06. The molecule has 0 spiro atoms. The quantitative estimate of drug-likeness (QED) is 0.445. The number of likely N-dealkylation sites (tertiary alicyclic amines) is 1. The first-order chi connectivity index (χ1) is 18.2. The van der Waals surface area contributed by atoms with E-state index in [1.165, 1.54) is 33.9 Å². The van der Waals surface area contributed by atoms with Crippen LogP contribution in [0.1, 0.15) is 6.42 Å². The van der Waals surface area contributed by atoms with Gasteiger partial charge in [-0.2, -0.15) is 0 Å². The summed E-state index contributed by atoms with van der Waals surface area (Å²) in [6.45, 7) is 0.454. The summed E-state index contributed by atoms with van der Waals surface area (Å²) in [5, 5.41) is 15.5. The number of aromatic nitrogens is 1. The van der Waals surface area contributed by atoms with E-state index < -0.39 is 47.4 Å². The number of benzene rings is 2. The van der Waals surface area contributed by atoms with Crippen LogP contribution in [-0.4, -0.2) is 51.5 Å². The highest BCUT2D eigenvalue weighted by atomic mass is 35.5. The number of pyridine rings is 1. The summed E-state index contributed by atoms with van der Waals surface area (Å²) in [7, 11) is 0. The van der Waals surface area contributed by atoms with E-state index in [1.54, 1.807) is 36.4 Å². The molecule has 4 atom stereocenters. The van der Waals surface area contributed by atoms with E-state index in [4.69, 9.17) is 11.6 Å². The fraction of sp³-hybridized carbons (Fsp3) is 0.259. The largest absolute Gasteiger partial charge is 0.391 e. The van der Waals surface area contributed by atoms with Gasteiger partial charge in [0.25, 0.3) is 5.56 Å². The molecule has 3 N–H and O–H groups in total. The number of rotatable bonds is 6. The number of anilines is 2. The van der Waals surface area contributed by atoms with Gasteiger partial charge in [0.2, 0.25) is 17.7 Å². The van der Waals surface area contributed by atoms with Gasteiger partial charge in [-0.05, 0) is 48.9 Å². The molecule has 2 heterocycles. The molecule has 0 radical (unpaired) electrons. The van der Waals surface area contributed by atoms with Crippen molar-refractivity contribution in [3.63, 3.8) is 0 Å². The summed E-state index contributed by atoms with van der Waals surface area (Å²) in [5.41, 5.74) is 0.239. The summed E-state index contributed by atoms with van der Waals surface area (Å²) < 4.78 is 16.2. The molecule has 5 rings (SSSR count). The number of amides is 3. The van der Waals surface area contributed by atoms with Crippen molar-refractivity contribution in [3.8, 4) is 5.69 Å². The van der Waals surface area contributed by atoms with Crippen molar-refractivity contribution in [1.29, 1.82) is 0 Å². The Balaban J connectivity index is 1.34.